The van der Waals surface area contributed by atoms with Crippen molar-refractivity contribution in [2.75, 3.05) is 7.11 Å². The van der Waals surface area contributed by atoms with Gasteiger partial charge in [0.2, 0.25) is 0 Å². The van der Waals surface area contributed by atoms with E-state index in [0.717, 1.165) is 0 Å². The Morgan fingerprint density at radius 2 is 1.92 bits per heavy atom. The number of halogens is 2. The Hall–Kier alpha value is -3.22. The van der Waals surface area contributed by atoms with E-state index in [-0.39, 0.29) is 23.2 Å². The largest absolute Gasteiger partial charge is 0.494 e. The van der Waals surface area contributed by atoms with Gasteiger partial charge in [0.25, 0.3) is 5.91 Å². The van der Waals surface area contributed by atoms with Crippen molar-refractivity contribution in [3.8, 4) is 11.4 Å². The molecule has 26 heavy (non-hydrogen) atoms. The number of aromatic nitrogens is 2. The van der Waals surface area contributed by atoms with Gasteiger partial charge in [-0.1, -0.05) is 6.07 Å². The molecule has 0 aliphatic carbocycles. The first-order valence-corrected chi connectivity index (χ1v) is 7.92. The molecule has 0 saturated carbocycles. The van der Waals surface area contributed by atoms with Crippen LogP contribution in [0.5, 0.6) is 5.75 Å². The van der Waals surface area contributed by atoms with Crippen molar-refractivity contribution in [3.05, 3.63) is 77.9 Å². The van der Waals surface area contributed by atoms with Gasteiger partial charge in [0, 0.05) is 5.69 Å². The molecule has 5 nitrogen and oxygen atoms in total. The molecule has 2 aromatic carbocycles. The third-order valence-corrected chi connectivity index (χ3v) is 4.00. The van der Waals surface area contributed by atoms with E-state index in [1.54, 1.807) is 29.7 Å². The molecule has 0 fully saturated rings. The fourth-order valence-electron chi connectivity index (χ4n) is 2.58. The first kappa shape index (κ1) is 17.6. The van der Waals surface area contributed by atoms with E-state index in [9.17, 15) is 13.6 Å². The maximum atomic E-state index is 13.9. The van der Waals surface area contributed by atoms with Gasteiger partial charge in [-0.25, -0.2) is 13.8 Å². The topological polar surface area (TPSA) is 56.1 Å². The van der Waals surface area contributed by atoms with Crippen LogP contribution in [0.15, 0.2) is 55.0 Å². The smallest absolute Gasteiger partial charge is 0.270 e. The van der Waals surface area contributed by atoms with Crippen LogP contribution >= 0.6 is 0 Å². The first-order valence-electron chi connectivity index (χ1n) is 7.92. The number of carbonyl (C=O) groups excluding carboxylic acids is 1. The van der Waals surface area contributed by atoms with Gasteiger partial charge in [-0.15, -0.1) is 0 Å². The highest BCUT2D eigenvalue weighted by Gasteiger charge is 2.17. The Morgan fingerprint density at radius 3 is 2.58 bits per heavy atom. The van der Waals surface area contributed by atoms with Crippen molar-refractivity contribution in [1.29, 1.82) is 0 Å². The monoisotopic (exact) mass is 357 g/mol. The second-order valence-corrected chi connectivity index (χ2v) is 5.71. The fourth-order valence-corrected chi connectivity index (χ4v) is 2.58. The molecule has 7 heteroatoms. The Balaban J connectivity index is 1.79. The van der Waals surface area contributed by atoms with E-state index < -0.39 is 11.9 Å². The SMILES string of the molecule is COc1ccc(C(C)NC(=O)c2cncn2-c2ccc(F)cc2)cc1F. The Bertz CT molecular complexity index is 923. The normalized spacial score (nSPS) is 11.8. The molecule has 0 aliphatic rings. The summed E-state index contributed by atoms with van der Waals surface area (Å²) in [6.45, 7) is 1.75. The maximum absolute atomic E-state index is 13.9. The highest BCUT2D eigenvalue weighted by Crippen LogP contribution is 2.22. The van der Waals surface area contributed by atoms with Gasteiger partial charge in [0.05, 0.1) is 25.7 Å². The van der Waals surface area contributed by atoms with Crippen LogP contribution < -0.4 is 10.1 Å². The lowest BCUT2D eigenvalue weighted by atomic mass is 10.1. The second-order valence-electron chi connectivity index (χ2n) is 5.71. The maximum Gasteiger partial charge on any atom is 0.270 e. The second kappa shape index (κ2) is 7.35. The average molecular weight is 357 g/mol. The van der Waals surface area contributed by atoms with E-state index >= 15 is 0 Å². The number of hydrogen-bond acceptors (Lipinski definition) is 3. The number of hydrogen-bond donors (Lipinski definition) is 1. The van der Waals surface area contributed by atoms with Gasteiger partial charge >= 0.3 is 0 Å². The van der Waals surface area contributed by atoms with Crippen molar-refractivity contribution in [1.82, 2.24) is 14.9 Å². The van der Waals surface area contributed by atoms with Crippen LogP contribution in [-0.2, 0) is 0 Å². The number of imidazole rings is 1. The molecule has 3 rings (SSSR count). The van der Waals surface area contributed by atoms with Crippen LogP contribution in [0.25, 0.3) is 5.69 Å². The van der Waals surface area contributed by atoms with Gasteiger partial charge in [-0.3, -0.25) is 9.36 Å². The van der Waals surface area contributed by atoms with Crippen molar-refractivity contribution in [2.45, 2.75) is 13.0 Å². The number of rotatable bonds is 5. The zero-order valence-corrected chi connectivity index (χ0v) is 14.2. The highest BCUT2D eigenvalue weighted by atomic mass is 19.1. The summed E-state index contributed by atoms with van der Waals surface area (Å²) in [6.07, 6.45) is 2.89. The van der Waals surface area contributed by atoms with Gasteiger partial charge < -0.3 is 10.1 Å². The van der Waals surface area contributed by atoms with Crippen molar-refractivity contribution in [2.24, 2.45) is 0 Å². The molecule has 0 aliphatic heterocycles. The number of methoxy groups -OCH3 is 1. The van der Waals surface area contributed by atoms with Gasteiger partial charge in [0.1, 0.15) is 11.5 Å². The number of nitrogens with zero attached hydrogens (tertiary/aromatic N) is 2. The number of carbonyl (C=O) groups is 1. The van der Waals surface area contributed by atoms with Crippen LogP contribution in [0.3, 0.4) is 0 Å². The van der Waals surface area contributed by atoms with Crippen LogP contribution in [0.4, 0.5) is 8.78 Å². The number of amides is 1. The summed E-state index contributed by atoms with van der Waals surface area (Å²) in [5, 5.41) is 2.80. The minimum absolute atomic E-state index is 0.140. The molecular weight excluding hydrogens is 340 g/mol. The van der Waals surface area contributed by atoms with E-state index in [0.29, 0.717) is 11.3 Å². The minimum atomic E-state index is -0.498. The van der Waals surface area contributed by atoms with Gasteiger partial charge in [-0.2, -0.15) is 0 Å². The molecule has 1 heterocycles. The molecular formula is C19H17F2N3O2. The third-order valence-electron chi connectivity index (χ3n) is 4.00. The third kappa shape index (κ3) is 3.56. The van der Waals surface area contributed by atoms with Crippen LogP contribution in [0.1, 0.15) is 29.0 Å². The Labute approximate surface area is 149 Å². The van der Waals surface area contributed by atoms with Crippen LogP contribution in [0.2, 0.25) is 0 Å². The lowest BCUT2D eigenvalue weighted by Gasteiger charge is -2.16. The van der Waals surface area contributed by atoms with Crippen molar-refractivity contribution < 1.29 is 18.3 Å². The van der Waals surface area contributed by atoms with Crippen molar-refractivity contribution in [3.63, 3.8) is 0 Å². The Kier molecular flexibility index (Phi) is 4.97. The predicted molar refractivity (Wildman–Crippen MR) is 92.4 cm³/mol. The Morgan fingerprint density at radius 1 is 1.19 bits per heavy atom. The standard InChI is InChI=1S/C19H17F2N3O2/c1-12(13-3-8-18(26-2)16(21)9-13)23-19(25)17-10-22-11-24(17)15-6-4-14(20)5-7-15/h3-12H,1-2H3,(H,23,25). The molecule has 1 N–H and O–H groups in total. The molecule has 134 valence electrons. The minimum Gasteiger partial charge on any atom is -0.494 e. The summed E-state index contributed by atoms with van der Waals surface area (Å²) in [7, 11) is 1.39. The van der Waals surface area contributed by atoms with Crippen molar-refractivity contribution >= 4 is 5.91 Å². The van der Waals surface area contributed by atoms with Gasteiger partial charge in [0.15, 0.2) is 11.6 Å². The number of nitrogens with one attached hydrogen (secondary N) is 1. The number of ether oxygens (including phenoxy) is 1. The van der Waals surface area contributed by atoms with Gasteiger partial charge in [-0.05, 0) is 48.9 Å². The fraction of sp³-hybridized carbons (Fsp3) is 0.158. The van der Waals surface area contributed by atoms with Crippen LogP contribution in [-0.4, -0.2) is 22.6 Å². The predicted octanol–water partition coefficient (Wildman–Crippen LogP) is 3.65. The summed E-state index contributed by atoms with van der Waals surface area (Å²) >= 11 is 0. The molecule has 0 bridgehead atoms. The zero-order valence-electron chi connectivity index (χ0n) is 14.2. The molecule has 0 spiro atoms. The summed E-state index contributed by atoms with van der Waals surface area (Å²) < 4.78 is 33.4. The molecule has 1 amide bonds. The molecule has 0 saturated heterocycles. The summed E-state index contributed by atoms with van der Waals surface area (Å²) in [4.78, 5) is 16.6. The molecule has 1 unspecified atom stereocenters. The summed E-state index contributed by atoms with van der Waals surface area (Å²) in [5.41, 5.74) is 1.50. The first-order chi connectivity index (χ1) is 12.5. The summed E-state index contributed by atoms with van der Waals surface area (Å²) in [5.74, 6) is -1.10. The van der Waals surface area contributed by atoms with E-state index in [4.69, 9.17) is 4.74 Å². The quantitative estimate of drug-likeness (QED) is 0.758. The lowest BCUT2D eigenvalue weighted by molar-refractivity contribution is 0.0933. The highest BCUT2D eigenvalue weighted by molar-refractivity contribution is 5.93. The van der Waals surface area contributed by atoms with E-state index in [1.165, 1.54) is 43.9 Å². The molecule has 1 aromatic heterocycles. The molecule has 3 aromatic rings. The van der Waals surface area contributed by atoms with E-state index in [2.05, 4.69) is 10.3 Å². The van der Waals surface area contributed by atoms with E-state index in [1.807, 2.05) is 0 Å². The zero-order chi connectivity index (χ0) is 18.7. The number of benzene rings is 2. The molecule has 0 radical (unpaired) electrons. The summed E-state index contributed by atoms with van der Waals surface area (Å²) in [6, 6.07) is 9.80. The molecule has 1 atom stereocenters. The van der Waals surface area contributed by atoms with Crippen LogP contribution in [0, 0.1) is 11.6 Å². The average Bonchev–Trinajstić information content (AvgIpc) is 3.12. The lowest BCUT2D eigenvalue weighted by Crippen LogP contribution is -2.28.